The number of nitrogens with one attached hydrogen (secondary N) is 1. The van der Waals surface area contributed by atoms with E-state index in [1.807, 2.05) is 19.1 Å². The summed E-state index contributed by atoms with van der Waals surface area (Å²) in [7, 11) is 2.91. The summed E-state index contributed by atoms with van der Waals surface area (Å²) < 4.78 is 16.6. The highest BCUT2D eigenvalue weighted by Crippen LogP contribution is 2.25. The fourth-order valence-corrected chi connectivity index (χ4v) is 2.54. The summed E-state index contributed by atoms with van der Waals surface area (Å²) in [5.41, 5.74) is 1.48. The van der Waals surface area contributed by atoms with Gasteiger partial charge in [0.05, 0.1) is 6.61 Å². The zero-order valence-electron chi connectivity index (χ0n) is 16.6. The number of oxime groups is 1. The Morgan fingerprint density at radius 3 is 2.69 bits per heavy atom. The maximum atomic E-state index is 12.1. The molecule has 1 amide bonds. The first-order valence-corrected chi connectivity index (χ1v) is 9.39. The maximum absolute atomic E-state index is 12.1. The Kier molecular flexibility index (Phi) is 9.20. The van der Waals surface area contributed by atoms with Crippen LogP contribution in [0.2, 0.25) is 5.02 Å². The van der Waals surface area contributed by atoms with Crippen molar-refractivity contribution in [3.63, 3.8) is 0 Å². The van der Waals surface area contributed by atoms with Gasteiger partial charge in [-0.2, -0.15) is 4.98 Å². The summed E-state index contributed by atoms with van der Waals surface area (Å²) in [5, 5.41) is 6.76. The molecule has 0 fully saturated rings. The summed E-state index contributed by atoms with van der Waals surface area (Å²) >= 11 is 6.12. The maximum Gasteiger partial charge on any atom is 0.273 e. The van der Waals surface area contributed by atoms with Crippen molar-refractivity contribution in [3.8, 4) is 11.8 Å². The van der Waals surface area contributed by atoms with Crippen LogP contribution in [0.15, 0.2) is 41.6 Å². The number of hydrogen-bond donors (Lipinski definition) is 1. The highest BCUT2D eigenvalue weighted by atomic mass is 35.5. The second kappa shape index (κ2) is 11.9. The first kappa shape index (κ1) is 22.4. The highest BCUT2D eigenvalue weighted by molar-refractivity contribution is 6.45. The second-order valence-corrected chi connectivity index (χ2v) is 6.04. The molecule has 1 heterocycles. The van der Waals surface area contributed by atoms with Crippen LogP contribution in [-0.2, 0) is 21.0 Å². The topological polar surface area (TPSA) is 91.3 Å². The van der Waals surface area contributed by atoms with Gasteiger partial charge in [-0.25, -0.2) is 0 Å². The normalized spacial score (nSPS) is 11.1. The van der Waals surface area contributed by atoms with Gasteiger partial charge in [-0.05, 0) is 18.6 Å². The molecule has 9 heteroatoms. The monoisotopic (exact) mass is 421 g/mol. The van der Waals surface area contributed by atoms with E-state index in [9.17, 15) is 4.79 Å². The number of pyridine rings is 1. The third kappa shape index (κ3) is 6.62. The molecule has 1 aromatic heterocycles. The van der Waals surface area contributed by atoms with Crippen molar-refractivity contribution >= 4 is 23.2 Å². The van der Waals surface area contributed by atoms with E-state index < -0.39 is 0 Å². The molecule has 0 saturated heterocycles. The van der Waals surface area contributed by atoms with Crippen LogP contribution in [0.25, 0.3) is 0 Å². The number of benzene rings is 1. The van der Waals surface area contributed by atoms with Crippen molar-refractivity contribution in [1.29, 1.82) is 0 Å². The number of carbonyl (C=O) groups is 1. The van der Waals surface area contributed by atoms with Crippen LogP contribution in [-0.4, -0.2) is 50.6 Å². The molecule has 0 unspecified atom stereocenters. The van der Waals surface area contributed by atoms with E-state index in [2.05, 4.69) is 15.5 Å². The average molecular weight is 422 g/mol. The minimum absolute atomic E-state index is 0.151. The molecular formula is C20H24ClN3O5. The molecule has 0 spiro atoms. The van der Waals surface area contributed by atoms with Crippen LogP contribution < -0.4 is 14.8 Å². The lowest BCUT2D eigenvalue weighted by molar-refractivity contribution is -0.114. The van der Waals surface area contributed by atoms with Gasteiger partial charge in [0.15, 0.2) is 5.71 Å². The Morgan fingerprint density at radius 1 is 1.17 bits per heavy atom. The zero-order valence-corrected chi connectivity index (χ0v) is 17.4. The largest absolute Gasteiger partial charge is 0.474 e. The Labute approximate surface area is 174 Å². The Hall–Kier alpha value is -2.84. The van der Waals surface area contributed by atoms with Crippen LogP contribution in [0.3, 0.4) is 0 Å². The van der Waals surface area contributed by atoms with E-state index >= 15 is 0 Å². The Bertz CT molecular complexity index is 845. The number of likely N-dealkylation sites (N-methyl/N-ethyl adjacent to an activating group) is 1. The van der Waals surface area contributed by atoms with E-state index in [4.69, 9.17) is 30.6 Å². The van der Waals surface area contributed by atoms with Gasteiger partial charge in [-0.1, -0.05) is 41.0 Å². The van der Waals surface area contributed by atoms with Crippen LogP contribution in [0.4, 0.5) is 0 Å². The van der Waals surface area contributed by atoms with Gasteiger partial charge in [-0.3, -0.25) is 4.79 Å². The van der Waals surface area contributed by atoms with Crippen molar-refractivity contribution in [2.75, 3.05) is 34.0 Å². The predicted octanol–water partition coefficient (Wildman–Crippen LogP) is 2.83. The molecule has 0 bridgehead atoms. The highest BCUT2D eigenvalue weighted by Gasteiger charge is 2.17. The number of rotatable bonds is 11. The number of amides is 1. The van der Waals surface area contributed by atoms with Crippen molar-refractivity contribution in [2.45, 2.75) is 13.5 Å². The third-order valence-corrected chi connectivity index (χ3v) is 4.02. The molecule has 0 aliphatic carbocycles. The van der Waals surface area contributed by atoms with Crippen molar-refractivity contribution in [3.05, 3.63) is 52.5 Å². The number of ether oxygens (including phenoxy) is 3. The molecule has 0 aliphatic rings. The summed E-state index contributed by atoms with van der Waals surface area (Å²) in [6, 6.07) is 10.5. The quantitative estimate of drug-likeness (QED) is 0.341. The molecule has 0 radical (unpaired) electrons. The number of hydrogen-bond acceptors (Lipinski definition) is 7. The fraction of sp³-hybridized carbons (Fsp3) is 0.350. The Balaban J connectivity index is 2.14. The minimum Gasteiger partial charge on any atom is -0.474 e. The molecule has 1 aromatic carbocycles. The predicted molar refractivity (Wildman–Crippen MR) is 110 cm³/mol. The molecule has 1 N–H and O–H groups in total. The SMILES string of the molecule is CCOCCOc1nc(OCc2ccccc2/C(=N\OC)C(=O)NC)ccc1Cl. The van der Waals surface area contributed by atoms with E-state index in [1.54, 1.807) is 24.3 Å². The first-order valence-electron chi connectivity index (χ1n) is 9.02. The molecule has 29 heavy (non-hydrogen) atoms. The minimum atomic E-state index is -0.367. The Morgan fingerprint density at radius 2 is 1.97 bits per heavy atom. The summed E-state index contributed by atoms with van der Waals surface area (Å²) in [4.78, 5) is 21.2. The first-order chi connectivity index (χ1) is 14.1. The van der Waals surface area contributed by atoms with Gasteiger partial charge < -0.3 is 24.4 Å². The number of nitrogens with zero attached hydrogens (tertiary/aromatic N) is 2. The molecular weight excluding hydrogens is 398 g/mol. The standard InChI is InChI=1S/C20H24ClN3O5/c1-4-27-11-12-28-20-16(21)9-10-17(23-20)29-13-14-7-5-6-8-15(14)18(24-26-3)19(25)22-2/h5-10H,4,11-13H2,1-3H3,(H,22,25)/b24-18+. The molecule has 2 rings (SSSR count). The zero-order chi connectivity index (χ0) is 21.1. The van der Waals surface area contributed by atoms with Crippen molar-refractivity contribution in [2.24, 2.45) is 5.16 Å². The van der Waals surface area contributed by atoms with E-state index in [0.717, 1.165) is 5.56 Å². The smallest absolute Gasteiger partial charge is 0.273 e. The molecule has 0 aliphatic heterocycles. The lowest BCUT2D eigenvalue weighted by Gasteiger charge is -2.13. The van der Waals surface area contributed by atoms with Gasteiger partial charge in [0, 0.05) is 25.3 Å². The molecule has 2 aromatic rings. The van der Waals surface area contributed by atoms with Crippen LogP contribution >= 0.6 is 11.6 Å². The van der Waals surface area contributed by atoms with Gasteiger partial charge >= 0.3 is 0 Å². The molecule has 156 valence electrons. The van der Waals surface area contributed by atoms with Gasteiger partial charge in [0.25, 0.3) is 5.91 Å². The molecule has 0 saturated carbocycles. The summed E-state index contributed by atoms with van der Waals surface area (Å²) in [5.74, 6) is 0.235. The number of aromatic nitrogens is 1. The van der Waals surface area contributed by atoms with Gasteiger partial charge in [-0.15, -0.1) is 0 Å². The number of carbonyl (C=O) groups excluding carboxylic acids is 1. The molecule has 8 nitrogen and oxygen atoms in total. The molecule has 0 atom stereocenters. The van der Waals surface area contributed by atoms with Crippen LogP contribution in [0.5, 0.6) is 11.8 Å². The van der Waals surface area contributed by atoms with E-state index in [1.165, 1.54) is 14.2 Å². The van der Waals surface area contributed by atoms with Gasteiger partial charge in [0.2, 0.25) is 11.8 Å². The number of halogens is 1. The third-order valence-electron chi connectivity index (χ3n) is 3.73. The lowest BCUT2D eigenvalue weighted by Crippen LogP contribution is -2.29. The van der Waals surface area contributed by atoms with E-state index in [0.29, 0.717) is 36.3 Å². The van der Waals surface area contributed by atoms with Crippen molar-refractivity contribution < 1.29 is 23.8 Å². The van der Waals surface area contributed by atoms with E-state index in [-0.39, 0.29) is 24.1 Å². The summed E-state index contributed by atoms with van der Waals surface area (Å²) in [6.07, 6.45) is 0. The van der Waals surface area contributed by atoms with Crippen LogP contribution in [0, 0.1) is 0 Å². The fourth-order valence-electron chi connectivity index (χ4n) is 2.38. The van der Waals surface area contributed by atoms with Crippen molar-refractivity contribution in [1.82, 2.24) is 10.3 Å². The van der Waals surface area contributed by atoms with Crippen LogP contribution in [0.1, 0.15) is 18.1 Å². The average Bonchev–Trinajstić information content (AvgIpc) is 2.75. The summed E-state index contributed by atoms with van der Waals surface area (Å²) in [6.45, 7) is 3.44. The van der Waals surface area contributed by atoms with Gasteiger partial charge in [0.1, 0.15) is 25.3 Å². The second-order valence-electron chi connectivity index (χ2n) is 5.63. The lowest BCUT2D eigenvalue weighted by atomic mass is 10.0.